The Kier molecular flexibility index (Phi) is 6.29. The van der Waals surface area contributed by atoms with Crippen LogP contribution in [0.2, 0.25) is 0 Å². The molecular weight excluding hydrogens is 160 g/mol. The Labute approximate surface area is 81.9 Å². The van der Waals surface area contributed by atoms with Crippen LogP contribution in [0.5, 0.6) is 0 Å². The first kappa shape index (κ1) is 12.2. The van der Waals surface area contributed by atoms with Gasteiger partial charge in [-0.2, -0.15) is 0 Å². The maximum absolute atomic E-state index is 7.18. The third-order valence-corrected chi connectivity index (χ3v) is 1.97. The zero-order chi connectivity index (χ0) is 10.3. The standard InChI is InChI=1S/C11H22N2/c1-9(2)5-6-13-8-11(7-12)10(3)4/h7-10,12-13H,5-6H2,1-4H3/b11-8+,12-7?. The highest BCUT2D eigenvalue weighted by Crippen LogP contribution is 2.04. The Hall–Kier alpha value is -0.790. The molecule has 0 aromatic carbocycles. The first-order valence-electron chi connectivity index (χ1n) is 5.01. The normalized spacial score (nSPS) is 12.3. The molecule has 13 heavy (non-hydrogen) atoms. The maximum Gasteiger partial charge on any atom is 0.0226 e. The van der Waals surface area contributed by atoms with Crippen molar-refractivity contribution in [3.05, 3.63) is 11.8 Å². The molecule has 0 fully saturated rings. The fourth-order valence-corrected chi connectivity index (χ4v) is 0.937. The van der Waals surface area contributed by atoms with Crippen LogP contribution in [0.15, 0.2) is 11.8 Å². The number of hydrogen-bond donors (Lipinski definition) is 2. The van der Waals surface area contributed by atoms with E-state index in [-0.39, 0.29) is 0 Å². The number of nitrogens with one attached hydrogen (secondary N) is 2. The molecule has 2 heteroatoms. The van der Waals surface area contributed by atoms with Crippen molar-refractivity contribution in [2.75, 3.05) is 6.54 Å². The van der Waals surface area contributed by atoms with E-state index in [9.17, 15) is 0 Å². The molecule has 0 radical (unpaired) electrons. The summed E-state index contributed by atoms with van der Waals surface area (Å²) in [4.78, 5) is 0. The van der Waals surface area contributed by atoms with Gasteiger partial charge in [-0.25, -0.2) is 0 Å². The van der Waals surface area contributed by atoms with Gasteiger partial charge in [0.15, 0.2) is 0 Å². The molecule has 2 nitrogen and oxygen atoms in total. The first-order valence-corrected chi connectivity index (χ1v) is 5.01. The van der Waals surface area contributed by atoms with E-state index in [2.05, 4.69) is 33.0 Å². The Morgan fingerprint density at radius 3 is 2.31 bits per heavy atom. The zero-order valence-corrected chi connectivity index (χ0v) is 9.22. The van der Waals surface area contributed by atoms with Gasteiger partial charge in [-0.3, -0.25) is 0 Å². The van der Waals surface area contributed by atoms with Crippen LogP contribution >= 0.6 is 0 Å². The van der Waals surface area contributed by atoms with Gasteiger partial charge in [0.05, 0.1) is 0 Å². The minimum atomic E-state index is 0.434. The fraction of sp³-hybridized carbons (Fsp3) is 0.727. The van der Waals surface area contributed by atoms with Gasteiger partial charge in [0.1, 0.15) is 0 Å². The van der Waals surface area contributed by atoms with Crippen LogP contribution < -0.4 is 5.32 Å². The van der Waals surface area contributed by atoms with Crippen molar-refractivity contribution in [1.29, 1.82) is 5.41 Å². The van der Waals surface area contributed by atoms with E-state index >= 15 is 0 Å². The van der Waals surface area contributed by atoms with Crippen molar-refractivity contribution >= 4 is 6.21 Å². The van der Waals surface area contributed by atoms with Gasteiger partial charge in [-0.15, -0.1) is 0 Å². The monoisotopic (exact) mass is 182 g/mol. The van der Waals surface area contributed by atoms with Crippen molar-refractivity contribution < 1.29 is 0 Å². The minimum Gasteiger partial charge on any atom is -0.391 e. The van der Waals surface area contributed by atoms with E-state index in [1.807, 2.05) is 6.20 Å². The van der Waals surface area contributed by atoms with E-state index < -0.39 is 0 Å². The van der Waals surface area contributed by atoms with Crippen LogP contribution in [0.3, 0.4) is 0 Å². The summed E-state index contributed by atoms with van der Waals surface area (Å²) in [5.41, 5.74) is 1.06. The Bertz CT molecular complexity index is 169. The Balaban J connectivity index is 3.74. The molecule has 0 rings (SSSR count). The van der Waals surface area contributed by atoms with Crippen molar-refractivity contribution in [1.82, 2.24) is 5.32 Å². The molecule has 2 N–H and O–H groups in total. The molecule has 0 atom stereocenters. The van der Waals surface area contributed by atoms with Crippen molar-refractivity contribution in [2.24, 2.45) is 11.8 Å². The van der Waals surface area contributed by atoms with Gasteiger partial charge in [0.2, 0.25) is 0 Å². The second kappa shape index (κ2) is 6.70. The largest absolute Gasteiger partial charge is 0.391 e. The molecule has 0 aliphatic carbocycles. The summed E-state index contributed by atoms with van der Waals surface area (Å²) >= 11 is 0. The van der Waals surface area contributed by atoms with Crippen LogP contribution in [0.1, 0.15) is 34.1 Å². The minimum absolute atomic E-state index is 0.434. The second-order valence-corrected chi connectivity index (χ2v) is 4.08. The number of hydrogen-bond acceptors (Lipinski definition) is 2. The first-order chi connectivity index (χ1) is 6.07. The predicted octanol–water partition coefficient (Wildman–Crippen LogP) is 2.81. The average Bonchev–Trinajstić information content (AvgIpc) is 2.03. The molecule has 0 saturated heterocycles. The zero-order valence-electron chi connectivity index (χ0n) is 9.22. The van der Waals surface area contributed by atoms with Gasteiger partial charge in [-0.1, -0.05) is 27.7 Å². The van der Waals surface area contributed by atoms with Crippen molar-refractivity contribution in [3.8, 4) is 0 Å². The molecule has 0 amide bonds. The van der Waals surface area contributed by atoms with Gasteiger partial charge in [0, 0.05) is 19.0 Å². The molecule has 0 aromatic rings. The van der Waals surface area contributed by atoms with E-state index in [0.717, 1.165) is 18.0 Å². The smallest absolute Gasteiger partial charge is 0.0226 e. The molecule has 0 unspecified atom stereocenters. The molecule has 0 aliphatic heterocycles. The van der Waals surface area contributed by atoms with E-state index in [1.165, 1.54) is 12.6 Å². The third kappa shape index (κ3) is 6.38. The Morgan fingerprint density at radius 2 is 1.92 bits per heavy atom. The molecule has 0 aromatic heterocycles. The molecule has 0 bridgehead atoms. The van der Waals surface area contributed by atoms with E-state index in [1.54, 1.807) is 0 Å². The summed E-state index contributed by atoms with van der Waals surface area (Å²) in [6.07, 6.45) is 4.56. The summed E-state index contributed by atoms with van der Waals surface area (Å²) < 4.78 is 0. The van der Waals surface area contributed by atoms with Gasteiger partial charge >= 0.3 is 0 Å². The summed E-state index contributed by atoms with van der Waals surface area (Å²) in [5, 5.41) is 10.4. The van der Waals surface area contributed by atoms with E-state index in [4.69, 9.17) is 5.41 Å². The van der Waals surface area contributed by atoms with Crippen LogP contribution in [-0.4, -0.2) is 12.8 Å². The van der Waals surface area contributed by atoms with E-state index in [0.29, 0.717) is 5.92 Å². The fourth-order valence-electron chi connectivity index (χ4n) is 0.937. The second-order valence-electron chi connectivity index (χ2n) is 4.08. The highest BCUT2D eigenvalue weighted by atomic mass is 14.8. The Morgan fingerprint density at radius 1 is 1.31 bits per heavy atom. The quantitative estimate of drug-likeness (QED) is 0.481. The SMILES string of the molecule is CC(C)CCN/C=C(\C=N)C(C)C. The number of rotatable bonds is 6. The van der Waals surface area contributed by atoms with Gasteiger partial charge < -0.3 is 10.7 Å². The highest BCUT2D eigenvalue weighted by molar-refractivity contribution is 5.75. The van der Waals surface area contributed by atoms with Gasteiger partial charge in [0.25, 0.3) is 0 Å². The predicted molar refractivity (Wildman–Crippen MR) is 59.2 cm³/mol. The lowest BCUT2D eigenvalue weighted by Gasteiger charge is -2.08. The summed E-state index contributed by atoms with van der Waals surface area (Å²) in [5.74, 6) is 1.17. The lowest BCUT2D eigenvalue weighted by molar-refractivity contribution is 0.569. The van der Waals surface area contributed by atoms with Crippen LogP contribution in [0, 0.1) is 17.2 Å². The lowest BCUT2D eigenvalue weighted by atomic mass is 10.1. The van der Waals surface area contributed by atoms with Gasteiger partial charge in [-0.05, 0) is 23.8 Å². The average molecular weight is 182 g/mol. The van der Waals surface area contributed by atoms with Crippen LogP contribution in [0.25, 0.3) is 0 Å². The lowest BCUT2D eigenvalue weighted by Crippen LogP contribution is -2.12. The molecule has 0 saturated carbocycles. The van der Waals surface area contributed by atoms with Crippen LogP contribution in [0.4, 0.5) is 0 Å². The molecular formula is C11H22N2. The van der Waals surface area contributed by atoms with Crippen LogP contribution in [-0.2, 0) is 0 Å². The summed E-state index contributed by atoms with van der Waals surface area (Å²) in [7, 11) is 0. The maximum atomic E-state index is 7.18. The molecule has 76 valence electrons. The van der Waals surface area contributed by atoms with Crippen molar-refractivity contribution in [3.63, 3.8) is 0 Å². The van der Waals surface area contributed by atoms with Crippen molar-refractivity contribution in [2.45, 2.75) is 34.1 Å². The number of allylic oxidation sites excluding steroid dienone is 1. The molecule has 0 spiro atoms. The molecule has 0 heterocycles. The topological polar surface area (TPSA) is 35.9 Å². The summed E-state index contributed by atoms with van der Waals surface area (Å²) in [6.45, 7) is 9.63. The third-order valence-electron chi connectivity index (χ3n) is 1.97. The summed E-state index contributed by atoms with van der Waals surface area (Å²) in [6, 6.07) is 0. The molecule has 0 aliphatic rings. The highest BCUT2D eigenvalue weighted by Gasteiger charge is 1.98.